The number of rotatable bonds is 7. The monoisotopic (exact) mass is 405 g/mol. The summed E-state index contributed by atoms with van der Waals surface area (Å²) in [4.78, 5) is 14.3. The molecule has 2 aromatic carbocycles. The number of likely N-dealkylation sites (N-methyl/N-ethyl adjacent to an activating group) is 1. The van der Waals surface area contributed by atoms with Crippen molar-refractivity contribution in [3.05, 3.63) is 46.5 Å². The Morgan fingerprint density at radius 1 is 1.07 bits per heavy atom. The van der Waals surface area contributed by atoms with Gasteiger partial charge in [0.15, 0.2) is 23.0 Å². The fourth-order valence-corrected chi connectivity index (χ4v) is 3.32. The number of methoxy groups -OCH3 is 2. The number of hydrogen-bond donors (Lipinski definition) is 0. The van der Waals surface area contributed by atoms with Crippen molar-refractivity contribution in [3.63, 3.8) is 0 Å². The Hall–Kier alpha value is -2.60. The Morgan fingerprint density at radius 2 is 1.82 bits per heavy atom. The predicted octanol–water partition coefficient (Wildman–Crippen LogP) is 3.37. The molecule has 0 aromatic heterocycles. The van der Waals surface area contributed by atoms with E-state index in [1.165, 1.54) is 0 Å². The Balaban J connectivity index is 1.60. The summed E-state index contributed by atoms with van der Waals surface area (Å²) in [5.41, 5.74) is 1.87. The number of amides is 1. The SMILES string of the molecule is COc1ccc(CCN(C)C(=O)Cc2cc(Cl)c3c(c2)OCCO3)cc1OC. The van der Waals surface area contributed by atoms with E-state index in [9.17, 15) is 4.79 Å². The number of hydrogen-bond acceptors (Lipinski definition) is 5. The van der Waals surface area contributed by atoms with Crippen LogP contribution in [-0.2, 0) is 17.6 Å². The first-order chi connectivity index (χ1) is 13.5. The van der Waals surface area contributed by atoms with Crippen LogP contribution in [0.2, 0.25) is 5.02 Å². The number of nitrogens with zero attached hydrogens (tertiary/aromatic N) is 1. The van der Waals surface area contributed by atoms with Crippen LogP contribution in [0.25, 0.3) is 0 Å². The van der Waals surface area contributed by atoms with Crippen LogP contribution < -0.4 is 18.9 Å². The van der Waals surface area contributed by atoms with Gasteiger partial charge in [0, 0.05) is 13.6 Å². The van der Waals surface area contributed by atoms with Gasteiger partial charge in [0.2, 0.25) is 5.91 Å². The molecule has 1 heterocycles. The topological polar surface area (TPSA) is 57.2 Å². The molecule has 0 radical (unpaired) electrons. The standard InChI is InChI=1S/C21H24ClNO5/c1-23(7-6-14-4-5-17(25-2)18(11-14)26-3)20(24)13-15-10-16(22)21-19(12-15)27-8-9-28-21/h4-5,10-12H,6-9,13H2,1-3H3. The number of carbonyl (C=O) groups is 1. The Kier molecular flexibility index (Phi) is 6.52. The van der Waals surface area contributed by atoms with Gasteiger partial charge in [-0.1, -0.05) is 17.7 Å². The van der Waals surface area contributed by atoms with Crippen LogP contribution >= 0.6 is 11.6 Å². The molecule has 0 saturated heterocycles. The van der Waals surface area contributed by atoms with Gasteiger partial charge in [-0.2, -0.15) is 0 Å². The summed E-state index contributed by atoms with van der Waals surface area (Å²) in [6, 6.07) is 9.35. The fraction of sp³-hybridized carbons (Fsp3) is 0.381. The second kappa shape index (κ2) is 9.06. The molecule has 2 aromatic rings. The zero-order valence-electron chi connectivity index (χ0n) is 16.3. The molecule has 0 N–H and O–H groups in total. The van der Waals surface area contributed by atoms with Gasteiger partial charge in [-0.25, -0.2) is 0 Å². The highest BCUT2D eigenvalue weighted by Gasteiger charge is 2.18. The summed E-state index contributed by atoms with van der Waals surface area (Å²) in [7, 11) is 5.01. The number of halogens is 1. The lowest BCUT2D eigenvalue weighted by Gasteiger charge is -2.21. The lowest BCUT2D eigenvalue weighted by atomic mass is 10.1. The average molecular weight is 406 g/mol. The van der Waals surface area contributed by atoms with Crippen molar-refractivity contribution in [2.24, 2.45) is 0 Å². The minimum absolute atomic E-state index is 0.00761. The second-order valence-corrected chi connectivity index (χ2v) is 6.94. The van der Waals surface area contributed by atoms with Gasteiger partial charge in [-0.05, 0) is 41.8 Å². The van der Waals surface area contributed by atoms with E-state index >= 15 is 0 Å². The van der Waals surface area contributed by atoms with Gasteiger partial charge in [0.1, 0.15) is 13.2 Å². The molecule has 1 aliphatic rings. The maximum Gasteiger partial charge on any atom is 0.226 e. The summed E-state index contributed by atoms with van der Waals surface area (Å²) in [5, 5.41) is 0.466. The lowest BCUT2D eigenvalue weighted by molar-refractivity contribution is -0.129. The van der Waals surface area contributed by atoms with Gasteiger partial charge in [-0.3, -0.25) is 4.79 Å². The molecule has 3 rings (SSSR count). The van der Waals surface area contributed by atoms with E-state index < -0.39 is 0 Å². The highest BCUT2D eigenvalue weighted by atomic mass is 35.5. The van der Waals surface area contributed by atoms with Crippen molar-refractivity contribution in [2.45, 2.75) is 12.8 Å². The van der Waals surface area contributed by atoms with Gasteiger partial charge in [-0.15, -0.1) is 0 Å². The lowest BCUT2D eigenvalue weighted by Crippen LogP contribution is -2.30. The molecule has 1 amide bonds. The number of fused-ring (bicyclic) bond motifs is 1. The zero-order chi connectivity index (χ0) is 20.1. The van der Waals surface area contributed by atoms with Crippen molar-refractivity contribution in [2.75, 3.05) is 41.0 Å². The number of ether oxygens (including phenoxy) is 4. The zero-order valence-corrected chi connectivity index (χ0v) is 17.0. The van der Waals surface area contributed by atoms with Gasteiger partial charge >= 0.3 is 0 Å². The van der Waals surface area contributed by atoms with Gasteiger partial charge < -0.3 is 23.8 Å². The highest BCUT2D eigenvalue weighted by Crippen LogP contribution is 2.38. The van der Waals surface area contributed by atoms with Crippen LogP contribution in [-0.4, -0.2) is 51.8 Å². The maximum absolute atomic E-state index is 12.6. The second-order valence-electron chi connectivity index (χ2n) is 6.53. The molecule has 0 bridgehead atoms. The molecule has 0 unspecified atom stereocenters. The van der Waals surface area contributed by atoms with Gasteiger partial charge in [0.05, 0.1) is 25.7 Å². The molecule has 0 saturated carbocycles. The minimum atomic E-state index is 0.00761. The molecule has 1 aliphatic heterocycles. The van der Waals surface area contributed by atoms with Gasteiger partial charge in [0.25, 0.3) is 0 Å². The molecule has 28 heavy (non-hydrogen) atoms. The van der Waals surface area contributed by atoms with Crippen molar-refractivity contribution in [3.8, 4) is 23.0 Å². The summed E-state index contributed by atoms with van der Waals surface area (Å²) in [6.07, 6.45) is 0.962. The molecule has 7 heteroatoms. The normalized spacial score (nSPS) is 12.4. The molecule has 0 aliphatic carbocycles. The largest absolute Gasteiger partial charge is 0.493 e. The third-order valence-electron chi connectivity index (χ3n) is 4.62. The van der Waals surface area contributed by atoms with Crippen LogP contribution in [0.4, 0.5) is 0 Å². The average Bonchev–Trinajstić information content (AvgIpc) is 2.71. The summed E-state index contributed by atoms with van der Waals surface area (Å²) >= 11 is 6.25. The van der Waals surface area contributed by atoms with E-state index in [1.54, 1.807) is 32.2 Å². The van der Waals surface area contributed by atoms with Crippen LogP contribution in [0.3, 0.4) is 0 Å². The van der Waals surface area contributed by atoms with Crippen LogP contribution in [0.5, 0.6) is 23.0 Å². The van der Waals surface area contributed by atoms with E-state index in [-0.39, 0.29) is 12.3 Å². The Labute approximate surface area is 169 Å². The summed E-state index contributed by atoms with van der Waals surface area (Å²) in [6.45, 7) is 1.54. The number of benzene rings is 2. The molecular weight excluding hydrogens is 382 g/mol. The first-order valence-corrected chi connectivity index (χ1v) is 9.42. The van der Waals surface area contributed by atoms with Crippen molar-refractivity contribution in [1.82, 2.24) is 4.90 Å². The number of carbonyl (C=O) groups excluding carboxylic acids is 1. The molecular formula is C21H24ClNO5. The molecule has 6 nitrogen and oxygen atoms in total. The van der Waals surface area contributed by atoms with Crippen LogP contribution in [0, 0.1) is 0 Å². The first kappa shape index (κ1) is 20.1. The molecule has 150 valence electrons. The fourth-order valence-electron chi connectivity index (χ4n) is 3.03. The third kappa shape index (κ3) is 4.62. The quantitative estimate of drug-likeness (QED) is 0.706. The maximum atomic E-state index is 12.6. The van der Waals surface area contributed by atoms with Crippen molar-refractivity contribution in [1.29, 1.82) is 0 Å². The van der Waals surface area contributed by atoms with E-state index in [2.05, 4.69) is 0 Å². The van der Waals surface area contributed by atoms with E-state index in [4.69, 9.17) is 30.5 Å². The molecule has 0 fully saturated rings. The van der Waals surface area contributed by atoms with Crippen LogP contribution in [0.1, 0.15) is 11.1 Å². The van der Waals surface area contributed by atoms with Crippen LogP contribution in [0.15, 0.2) is 30.3 Å². The van der Waals surface area contributed by atoms with Crippen molar-refractivity contribution < 1.29 is 23.7 Å². The molecule has 0 atom stereocenters. The first-order valence-electron chi connectivity index (χ1n) is 9.04. The summed E-state index contributed by atoms with van der Waals surface area (Å²) in [5.74, 6) is 2.51. The smallest absolute Gasteiger partial charge is 0.226 e. The molecule has 0 spiro atoms. The Bertz CT molecular complexity index is 855. The highest BCUT2D eigenvalue weighted by molar-refractivity contribution is 6.32. The van der Waals surface area contributed by atoms with Crippen molar-refractivity contribution >= 4 is 17.5 Å². The minimum Gasteiger partial charge on any atom is -0.493 e. The van der Waals surface area contributed by atoms with E-state index in [1.807, 2.05) is 24.3 Å². The third-order valence-corrected chi connectivity index (χ3v) is 4.90. The van der Waals surface area contributed by atoms with E-state index in [0.29, 0.717) is 54.2 Å². The van der Waals surface area contributed by atoms with E-state index in [0.717, 1.165) is 11.1 Å². The predicted molar refractivity (Wildman–Crippen MR) is 107 cm³/mol. The Morgan fingerprint density at radius 3 is 2.57 bits per heavy atom. The summed E-state index contributed by atoms with van der Waals surface area (Å²) < 4.78 is 21.7.